The smallest absolute Gasteiger partial charge is 0.309 e. The Morgan fingerprint density at radius 2 is 2.33 bits per heavy atom. The van der Waals surface area contributed by atoms with Gasteiger partial charge in [0.1, 0.15) is 0 Å². The Hall–Kier alpha value is -1.84. The molecule has 1 spiro atoms. The van der Waals surface area contributed by atoms with E-state index in [0.29, 0.717) is 17.8 Å². The monoisotopic (exact) mass is 324 g/mol. The van der Waals surface area contributed by atoms with Crippen molar-refractivity contribution >= 4 is 11.7 Å². The minimum absolute atomic E-state index is 0.00414. The molecule has 1 saturated carbocycles. The maximum Gasteiger partial charge on any atom is 0.309 e. The molecule has 0 aromatic carbocycles. The minimum atomic E-state index is -0.0350. The van der Waals surface area contributed by atoms with Crippen molar-refractivity contribution in [3.05, 3.63) is 35.2 Å². The first-order valence-corrected chi connectivity index (χ1v) is 9.23. The number of carbonyl (C=O) groups is 1. The van der Waals surface area contributed by atoms with Gasteiger partial charge in [-0.15, -0.1) is 0 Å². The topological polar surface area (TPSA) is 50.7 Å². The highest BCUT2D eigenvalue weighted by molar-refractivity contribution is 6.08. The van der Waals surface area contributed by atoms with E-state index in [4.69, 9.17) is 9.73 Å². The molecule has 126 valence electrons. The highest BCUT2D eigenvalue weighted by Crippen LogP contribution is 2.64. The number of carbonyl (C=O) groups excluding carboxylic acids is 1. The SMILES string of the molecule is CC[C@@H]1C2=C3CC(C(=O)OC)[C@H]1CC[C@@H]1CN=C4C=CC=C(N3)[C@@]421. The van der Waals surface area contributed by atoms with Gasteiger partial charge in [0.25, 0.3) is 0 Å². The highest BCUT2D eigenvalue weighted by Gasteiger charge is 2.62. The lowest BCUT2D eigenvalue weighted by molar-refractivity contribution is -0.148. The molecule has 4 heteroatoms. The summed E-state index contributed by atoms with van der Waals surface area (Å²) in [6, 6.07) is 0. The lowest BCUT2D eigenvalue weighted by Gasteiger charge is -2.41. The van der Waals surface area contributed by atoms with Crippen LogP contribution < -0.4 is 5.32 Å². The van der Waals surface area contributed by atoms with Crippen LogP contribution in [0.1, 0.15) is 32.6 Å². The maximum atomic E-state index is 12.5. The summed E-state index contributed by atoms with van der Waals surface area (Å²) in [6.07, 6.45) is 10.7. The summed E-state index contributed by atoms with van der Waals surface area (Å²) in [4.78, 5) is 17.4. The number of fused-ring (bicyclic) bond motifs is 1. The Balaban J connectivity index is 1.72. The summed E-state index contributed by atoms with van der Waals surface area (Å²) in [5.74, 6) is 1.37. The van der Waals surface area contributed by atoms with Crippen LogP contribution in [-0.2, 0) is 9.53 Å². The molecule has 5 rings (SSSR count). The summed E-state index contributed by atoms with van der Waals surface area (Å²) in [5.41, 5.74) is 5.38. The lowest BCUT2D eigenvalue weighted by atomic mass is 9.60. The molecule has 0 amide bonds. The number of ether oxygens (including phenoxy) is 1. The van der Waals surface area contributed by atoms with Crippen LogP contribution in [0.25, 0.3) is 0 Å². The molecule has 2 aliphatic heterocycles. The molecule has 2 bridgehead atoms. The number of rotatable bonds is 2. The van der Waals surface area contributed by atoms with Crippen molar-refractivity contribution < 1.29 is 9.53 Å². The molecule has 3 aliphatic carbocycles. The van der Waals surface area contributed by atoms with Crippen molar-refractivity contribution in [3.63, 3.8) is 0 Å². The second kappa shape index (κ2) is 4.84. The second-order valence-electron chi connectivity index (χ2n) is 7.78. The molecule has 2 heterocycles. The normalized spacial score (nSPS) is 41.2. The summed E-state index contributed by atoms with van der Waals surface area (Å²) in [7, 11) is 1.52. The van der Waals surface area contributed by atoms with Crippen LogP contribution in [-0.4, -0.2) is 25.3 Å². The molecular formula is C20H24N2O2. The van der Waals surface area contributed by atoms with Crippen molar-refractivity contribution in [2.75, 3.05) is 13.7 Å². The van der Waals surface area contributed by atoms with Crippen LogP contribution in [0.3, 0.4) is 0 Å². The first-order valence-electron chi connectivity index (χ1n) is 9.23. The van der Waals surface area contributed by atoms with Gasteiger partial charge in [-0.05, 0) is 54.7 Å². The third kappa shape index (κ3) is 1.50. The van der Waals surface area contributed by atoms with Crippen LogP contribution in [0.2, 0.25) is 0 Å². The van der Waals surface area contributed by atoms with Gasteiger partial charge in [0.2, 0.25) is 0 Å². The summed E-state index contributed by atoms with van der Waals surface area (Å²) in [6.45, 7) is 3.19. The number of hydrogen-bond acceptors (Lipinski definition) is 4. The number of nitrogens with one attached hydrogen (secondary N) is 1. The van der Waals surface area contributed by atoms with E-state index in [0.717, 1.165) is 32.2 Å². The van der Waals surface area contributed by atoms with Gasteiger partial charge >= 0.3 is 5.97 Å². The molecule has 0 aromatic rings. The Morgan fingerprint density at radius 1 is 1.46 bits per heavy atom. The Labute approximate surface area is 142 Å². The average molecular weight is 324 g/mol. The third-order valence-corrected chi connectivity index (χ3v) is 7.10. The average Bonchev–Trinajstić information content (AvgIpc) is 3.12. The molecular weight excluding hydrogens is 300 g/mol. The van der Waals surface area contributed by atoms with Gasteiger partial charge in [-0.25, -0.2) is 0 Å². The largest absolute Gasteiger partial charge is 0.469 e. The van der Waals surface area contributed by atoms with E-state index in [1.54, 1.807) is 5.57 Å². The van der Waals surface area contributed by atoms with Crippen molar-refractivity contribution in [1.82, 2.24) is 5.32 Å². The number of esters is 1. The number of nitrogens with zero attached hydrogens (tertiary/aromatic N) is 1. The van der Waals surface area contributed by atoms with Crippen molar-refractivity contribution in [2.24, 2.45) is 34.1 Å². The van der Waals surface area contributed by atoms with E-state index in [-0.39, 0.29) is 17.3 Å². The van der Waals surface area contributed by atoms with Gasteiger partial charge in [-0.1, -0.05) is 13.0 Å². The van der Waals surface area contributed by atoms with E-state index in [1.807, 2.05) is 0 Å². The lowest BCUT2D eigenvalue weighted by Crippen LogP contribution is -2.41. The summed E-state index contributed by atoms with van der Waals surface area (Å²) < 4.78 is 5.16. The molecule has 5 aliphatic rings. The Morgan fingerprint density at radius 3 is 3.12 bits per heavy atom. The van der Waals surface area contributed by atoms with E-state index in [9.17, 15) is 4.79 Å². The Kier molecular flexibility index (Phi) is 2.92. The van der Waals surface area contributed by atoms with Crippen molar-refractivity contribution in [3.8, 4) is 0 Å². The first kappa shape index (κ1) is 14.5. The second-order valence-corrected chi connectivity index (χ2v) is 7.78. The fourth-order valence-corrected chi connectivity index (χ4v) is 6.26. The van der Waals surface area contributed by atoms with E-state index in [1.165, 1.54) is 24.2 Å². The van der Waals surface area contributed by atoms with E-state index in [2.05, 4.69) is 30.5 Å². The predicted octanol–water partition coefficient (Wildman–Crippen LogP) is 2.98. The molecule has 1 N–H and O–H groups in total. The molecule has 0 saturated heterocycles. The summed E-state index contributed by atoms with van der Waals surface area (Å²) in [5, 5.41) is 3.72. The van der Waals surface area contributed by atoms with Gasteiger partial charge in [-0.2, -0.15) is 0 Å². The van der Waals surface area contributed by atoms with Gasteiger partial charge in [0, 0.05) is 24.4 Å². The molecule has 0 radical (unpaired) electrons. The number of hydrogen-bond donors (Lipinski definition) is 1. The van der Waals surface area contributed by atoms with Gasteiger partial charge in [0.15, 0.2) is 0 Å². The zero-order valence-corrected chi connectivity index (χ0v) is 14.3. The van der Waals surface area contributed by atoms with Crippen LogP contribution in [0.4, 0.5) is 0 Å². The van der Waals surface area contributed by atoms with Crippen LogP contribution in [0, 0.1) is 29.1 Å². The fourth-order valence-electron chi connectivity index (χ4n) is 6.26. The highest BCUT2D eigenvalue weighted by atomic mass is 16.5. The van der Waals surface area contributed by atoms with Crippen molar-refractivity contribution in [2.45, 2.75) is 32.6 Å². The predicted molar refractivity (Wildman–Crippen MR) is 92.2 cm³/mol. The molecule has 5 atom stereocenters. The fraction of sp³-hybridized carbons (Fsp3) is 0.600. The van der Waals surface area contributed by atoms with E-state index >= 15 is 0 Å². The van der Waals surface area contributed by atoms with Crippen LogP contribution in [0.5, 0.6) is 0 Å². The van der Waals surface area contributed by atoms with Crippen LogP contribution in [0.15, 0.2) is 40.2 Å². The van der Waals surface area contributed by atoms with Crippen LogP contribution >= 0.6 is 0 Å². The number of aliphatic imine (C=N–C) groups is 1. The third-order valence-electron chi connectivity index (χ3n) is 7.10. The maximum absolute atomic E-state index is 12.5. The molecule has 0 aromatic heterocycles. The van der Waals surface area contributed by atoms with Gasteiger partial charge < -0.3 is 10.1 Å². The molecule has 24 heavy (non-hydrogen) atoms. The zero-order valence-electron chi connectivity index (χ0n) is 14.3. The zero-order chi connectivity index (χ0) is 16.5. The van der Waals surface area contributed by atoms with Gasteiger partial charge in [-0.3, -0.25) is 9.79 Å². The van der Waals surface area contributed by atoms with Crippen molar-refractivity contribution in [1.29, 1.82) is 0 Å². The Bertz CT molecular complexity index is 745. The number of allylic oxidation sites excluding steroid dienone is 5. The quantitative estimate of drug-likeness (QED) is 0.795. The molecule has 4 nitrogen and oxygen atoms in total. The first-order chi connectivity index (χ1) is 11.7. The van der Waals surface area contributed by atoms with E-state index < -0.39 is 0 Å². The standard InChI is InChI=1S/C20H24N2O2/c1-3-12-13-8-7-11-10-21-16-5-4-6-17-20(11,16)18(12)15(22-17)9-14(13)19(23)24-2/h4-6,11-14,22H,3,7-10H2,1-2H3/t11-,12+,13+,14?,20-/m1/s1. The minimum Gasteiger partial charge on any atom is -0.469 e. The molecule has 1 fully saturated rings. The van der Waals surface area contributed by atoms with Gasteiger partial charge in [0.05, 0.1) is 24.2 Å². The number of methoxy groups -OCH3 is 1. The molecule has 1 unspecified atom stereocenters. The summed E-state index contributed by atoms with van der Waals surface area (Å²) >= 11 is 0.